The molecule has 1 aromatic rings. The van der Waals surface area contributed by atoms with Crippen LogP contribution in [0.4, 0.5) is 0 Å². The Morgan fingerprint density at radius 1 is 1.25 bits per heavy atom. The molecule has 0 aromatic heterocycles. The molecule has 1 aromatic carbocycles. The van der Waals surface area contributed by atoms with Crippen LogP contribution in [-0.4, -0.2) is 29.6 Å². The normalized spacial score (nSPS) is 22.7. The minimum atomic E-state index is -1.29. The second-order valence-corrected chi connectivity index (χ2v) is 8.20. The maximum absolute atomic E-state index is 12.9. The summed E-state index contributed by atoms with van der Waals surface area (Å²) in [7, 11) is 1.32. The van der Waals surface area contributed by atoms with Crippen LogP contribution in [0.2, 0.25) is 0 Å². The molecule has 0 bridgehead atoms. The molecule has 0 aliphatic heterocycles. The van der Waals surface area contributed by atoms with Crippen molar-refractivity contribution >= 4 is 11.8 Å². The van der Waals surface area contributed by atoms with Crippen LogP contribution in [0.3, 0.4) is 0 Å². The lowest BCUT2D eigenvalue weighted by molar-refractivity contribution is -0.134. The molecule has 4 heteroatoms. The standard InChI is InChI=1S/C24H30O4/c1-16(13-22(26)28-6)11-12-24(27)18(3)20(21(25)15-23(24,4)5)14-19-10-8-7-9-17(19)2/h7-13,27H,14-15H2,1-6H3/t24-/m1/s1. The van der Waals surface area contributed by atoms with Crippen LogP contribution in [0.5, 0.6) is 0 Å². The van der Waals surface area contributed by atoms with Crippen LogP contribution in [0.15, 0.2) is 59.2 Å². The number of hydrogen-bond acceptors (Lipinski definition) is 4. The predicted octanol–water partition coefficient (Wildman–Crippen LogP) is 4.26. The van der Waals surface area contributed by atoms with Gasteiger partial charge < -0.3 is 9.84 Å². The molecule has 0 fully saturated rings. The predicted molar refractivity (Wildman–Crippen MR) is 111 cm³/mol. The largest absolute Gasteiger partial charge is 0.466 e. The molecule has 1 aliphatic rings. The van der Waals surface area contributed by atoms with Gasteiger partial charge in [0.25, 0.3) is 0 Å². The molecule has 1 atom stereocenters. The number of ether oxygens (including phenoxy) is 1. The molecule has 0 saturated carbocycles. The molecule has 0 spiro atoms. The van der Waals surface area contributed by atoms with Crippen molar-refractivity contribution in [2.75, 3.05) is 7.11 Å². The Balaban J connectivity index is 2.49. The van der Waals surface area contributed by atoms with E-state index >= 15 is 0 Å². The number of benzene rings is 1. The van der Waals surface area contributed by atoms with Crippen molar-refractivity contribution in [1.29, 1.82) is 0 Å². The van der Waals surface area contributed by atoms with Gasteiger partial charge in [-0.3, -0.25) is 4.79 Å². The summed E-state index contributed by atoms with van der Waals surface area (Å²) in [6.45, 7) is 9.40. The lowest BCUT2D eigenvalue weighted by Crippen LogP contribution is -2.49. The summed E-state index contributed by atoms with van der Waals surface area (Å²) in [5, 5.41) is 11.6. The second kappa shape index (κ2) is 8.27. The van der Waals surface area contributed by atoms with Gasteiger partial charge in [0.05, 0.1) is 7.11 Å². The quantitative estimate of drug-likeness (QED) is 0.469. The first-order valence-corrected chi connectivity index (χ1v) is 9.47. The molecule has 4 nitrogen and oxygen atoms in total. The zero-order chi connectivity index (χ0) is 21.1. The number of allylic oxidation sites excluding steroid dienone is 3. The maximum Gasteiger partial charge on any atom is 0.330 e. The van der Waals surface area contributed by atoms with E-state index in [0.29, 0.717) is 23.1 Å². The van der Waals surface area contributed by atoms with Gasteiger partial charge in [-0.15, -0.1) is 0 Å². The van der Waals surface area contributed by atoms with Crippen molar-refractivity contribution in [2.24, 2.45) is 5.41 Å². The Bertz CT molecular complexity index is 870. The molecule has 0 heterocycles. The molecule has 0 saturated heterocycles. The zero-order valence-corrected chi connectivity index (χ0v) is 17.6. The number of rotatable bonds is 5. The molecule has 1 aliphatic carbocycles. The first-order chi connectivity index (χ1) is 13.0. The van der Waals surface area contributed by atoms with E-state index in [9.17, 15) is 14.7 Å². The number of aliphatic hydroxyl groups is 1. The molecule has 150 valence electrons. The molecular weight excluding hydrogens is 352 g/mol. The Morgan fingerprint density at radius 3 is 2.50 bits per heavy atom. The lowest BCUT2D eigenvalue weighted by atomic mass is 9.62. The van der Waals surface area contributed by atoms with Gasteiger partial charge in [-0.1, -0.05) is 44.2 Å². The van der Waals surface area contributed by atoms with Gasteiger partial charge in [-0.2, -0.15) is 0 Å². The van der Waals surface area contributed by atoms with Crippen molar-refractivity contribution in [3.8, 4) is 0 Å². The highest BCUT2D eigenvalue weighted by atomic mass is 16.5. The highest BCUT2D eigenvalue weighted by molar-refractivity contribution is 5.99. The second-order valence-electron chi connectivity index (χ2n) is 8.20. The van der Waals surface area contributed by atoms with Crippen LogP contribution in [0, 0.1) is 12.3 Å². The smallest absolute Gasteiger partial charge is 0.330 e. The topological polar surface area (TPSA) is 63.6 Å². The number of carbonyl (C=O) groups is 2. The van der Waals surface area contributed by atoms with Crippen molar-refractivity contribution in [1.82, 2.24) is 0 Å². The number of aryl methyl sites for hydroxylation is 1. The van der Waals surface area contributed by atoms with Crippen LogP contribution in [0.1, 0.15) is 45.2 Å². The fourth-order valence-electron chi connectivity index (χ4n) is 3.72. The van der Waals surface area contributed by atoms with Crippen LogP contribution >= 0.6 is 0 Å². The van der Waals surface area contributed by atoms with E-state index in [4.69, 9.17) is 0 Å². The minimum Gasteiger partial charge on any atom is -0.466 e. The number of methoxy groups -OCH3 is 1. The fraction of sp³-hybridized carbons (Fsp3) is 0.417. The highest BCUT2D eigenvalue weighted by Gasteiger charge is 2.49. The highest BCUT2D eigenvalue weighted by Crippen LogP contribution is 2.47. The summed E-state index contributed by atoms with van der Waals surface area (Å²) in [6, 6.07) is 7.97. The Morgan fingerprint density at radius 2 is 1.89 bits per heavy atom. The summed E-state index contributed by atoms with van der Waals surface area (Å²) in [6.07, 6.45) is 5.53. The average Bonchev–Trinajstić information content (AvgIpc) is 2.63. The third kappa shape index (κ3) is 4.33. The van der Waals surface area contributed by atoms with Crippen LogP contribution in [-0.2, 0) is 20.7 Å². The van der Waals surface area contributed by atoms with Crippen molar-refractivity contribution < 1.29 is 19.4 Å². The lowest BCUT2D eigenvalue weighted by Gasteiger charge is -2.46. The average molecular weight is 383 g/mol. The summed E-state index contributed by atoms with van der Waals surface area (Å²) in [4.78, 5) is 24.3. The van der Waals surface area contributed by atoms with E-state index < -0.39 is 17.0 Å². The molecule has 0 radical (unpaired) electrons. The van der Waals surface area contributed by atoms with Gasteiger partial charge in [0.15, 0.2) is 5.78 Å². The Labute approximate surface area is 167 Å². The number of carbonyl (C=O) groups excluding carboxylic acids is 2. The van der Waals surface area contributed by atoms with Gasteiger partial charge in [-0.25, -0.2) is 4.79 Å². The van der Waals surface area contributed by atoms with E-state index in [1.807, 2.05) is 52.0 Å². The fourth-order valence-corrected chi connectivity index (χ4v) is 3.72. The van der Waals surface area contributed by atoms with E-state index in [2.05, 4.69) is 4.74 Å². The van der Waals surface area contributed by atoms with E-state index in [1.54, 1.807) is 19.1 Å². The molecule has 28 heavy (non-hydrogen) atoms. The SMILES string of the molecule is COC(=O)C=C(C)C=C[C@@]1(O)C(C)=C(Cc2ccccc2C)C(=O)CC1(C)C. The third-order valence-electron chi connectivity index (χ3n) is 5.76. The maximum atomic E-state index is 12.9. The number of hydrogen-bond donors (Lipinski definition) is 1. The minimum absolute atomic E-state index is 0.0747. The molecule has 0 unspecified atom stereocenters. The monoisotopic (exact) mass is 382 g/mol. The summed E-state index contributed by atoms with van der Waals surface area (Å²) >= 11 is 0. The van der Waals surface area contributed by atoms with E-state index in [0.717, 1.165) is 11.1 Å². The van der Waals surface area contributed by atoms with Gasteiger partial charge in [0.1, 0.15) is 5.60 Å². The van der Waals surface area contributed by atoms with Crippen molar-refractivity contribution in [3.63, 3.8) is 0 Å². The number of ketones is 1. The van der Waals surface area contributed by atoms with E-state index in [-0.39, 0.29) is 12.2 Å². The van der Waals surface area contributed by atoms with Gasteiger partial charge in [0, 0.05) is 29.9 Å². The zero-order valence-electron chi connectivity index (χ0n) is 17.6. The molecule has 0 amide bonds. The molecule has 2 rings (SSSR count). The first kappa shape index (κ1) is 21.8. The summed E-state index contributed by atoms with van der Waals surface area (Å²) in [5.41, 5.74) is 2.25. The van der Waals surface area contributed by atoms with Gasteiger partial charge >= 0.3 is 5.97 Å². The first-order valence-electron chi connectivity index (χ1n) is 9.47. The van der Waals surface area contributed by atoms with Crippen molar-refractivity contribution in [2.45, 2.75) is 53.1 Å². The number of Topliss-reactive ketones (excluding diaryl/α,β-unsaturated/α-hetero) is 1. The summed E-state index contributed by atoms with van der Waals surface area (Å²) in [5.74, 6) is -0.370. The number of esters is 1. The van der Waals surface area contributed by atoms with Gasteiger partial charge in [-0.05, 0) is 49.1 Å². The van der Waals surface area contributed by atoms with Gasteiger partial charge in [0.2, 0.25) is 0 Å². The van der Waals surface area contributed by atoms with E-state index in [1.165, 1.54) is 13.2 Å². The molecular formula is C24H30O4. The third-order valence-corrected chi connectivity index (χ3v) is 5.76. The van der Waals surface area contributed by atoms with Crippen molar-refractivity contribution in [3.05, 3.63) is 70.3 Å². The summed E-state index contributed by atoms with van der Waals surface area (Å²) < 4.78 is 4.64. The molecule has 1 N–H and O–H groups in total. The Hall–Kier alpha value is -2.46. The Kier molecular flexibility index (Phi) is 6.45. The van der Waals surface area contributed by atoms with Crippen LogP contribution in [0.25, 0.3) is 0 Å². The van der Waals surface area contributed by atoms with Crippen LogP contribution < -0.4 is 0 Å².